The third-order valence-corrected chi connectivity index (χ3v) is 5.66. The van der Waals surface area contributed by atoms with Crippen LogP contribution in [0.5, 0.6) is 0 Å². The molecule has 2 aliphatic rings. The van der Waals surface area contributed by atoms with E-state index in [1.807, 2.05) is 19.1 Å². The first-order valence-corrected chi connectivity index (χ1v) is 9.80. The van der Waals surface area contributed by atoms with Gasteiger partial charge in [0.25, 0.3) is 0 Å². The van der Waals surface area contributed by atoms with Gasteiger partial charge in [-0.1, -0.05) is 6.92 Å². The second kappa shape index (κ2) is 8.86. The van der Waals surface area contributed by atoms with Gasteiger partial charge in [-0.15, -0.1) is 0 Å². The summed E-state index contributed by atoms with van der Waals surface area (Å²) in [5, 5.41) is 3.07. The van der Waals surface area contributed by atoms with Gasteiger partial charge in [0.2, 0.25) is 5.91 Å². The quantitative estimate of drug-likeness (QED) is 0.819. The second-order valence-corrected chi connectivity index (χ2v) is 7.78. The van der Waals surface area contributed by atoms with Crippen molar-refractivity contribution >= 4 is 5.91 Å². The number of nitrogens with zero attached hydrogens (tertiary/aromatic N) is 1. The molecule has 0 spiro atoms. The summed E-state index contributed by atoms with van der Waals surface area (Å²) < 4.78 is 11.2. The number of amides is 1. The molecule has 2 unspecified atom stereocenters. The molecule has 1 aromatic heterocycles. The Morgan fingerprint density at radius 2 is 2.12 bits per heavy atom. The Bertz CT molecular complexity index is 517. The monoisotopic (exact) mass is 348 g/mol. The summed E-state index contributed by atoms with van der Waals surface area (Å²) in [5.74, 6) is 1.68. The molecule has 1 amide bonds. The fraction of sp³-hybridized carbons (Fsp3) is 0.750. The zero-order valence-electron chi connectivity index (χ0n) is 15.6. The van der Waals surface area contributed by atoms with Crippen LogP contribution in [0.3, 0.4) is 0 Å². The van der Waals surface area contributed by atoms with Gasteiger partial charge in [-0.05, 0) is 63.5 Å². The minimum atomic E-state index is -0.0986. The Kier molecular flexibility index (Phi) is 6.54. The molecule has 5 heteroatoms. The van der Waals surface area contributed by atoms with Gasteiger partial charge in [-0.2, -0.15) is 0 Å². The van der Waals surface area contributed by atoms with Gasteiger partial charge in [0.15, 0.2) is 0 Å². The van der Waals surface area contributed by atoms with Gasteiger partial charge in [0.05, 0.1) is 25.0 Å². The van der Waals surface area contributed by atoms with Crippen LogP contribution < -0.4 is 5.32 Å². The molecule has 1 saturated heterocycles. The van der Waals surface area contributed by atoms with Crippen LogP contribution in [0.25, 0.3) is 0 Å². The fourth-order valence-corrected chi connectivity index (χ4v) is 4.08. The van der Waals surface area contributed by atoms with Crippen molar-refractivity contribution in [1.29, 1.82) is 0 Å². The summed E-state index contributed by atoms with van der Waals surface area (Å²) >= 11 is 0. The van der Waals surface area contributed by atoms with Crippen molar-refractivity contribution in [1.82, 2.24) is 10.2 Å². The largest absolute Gasteiger partial charge is 0.467 e. The first-order valence-electron chi connectivity index (χ1n) is 9.80. The Hall–Kier alpha value is -1.33. The van der Waals surface area contributed by atoms with E-state index in [9.17, 15) is 4.79 Å². The Balaban J connectivity index is 1.56. The van der Waals surface area contributed by atoms with Crippen LogP contribution in [0.4, 0.5) is 0 Å². The lowest BCUT2D eigenvalue weighted by molar-refractivity contribution is -0.124. The summed E-state index contributed by atoms with van der Waals surface area (Å²) in [6, 6.07) is 4.16. The number of carbonyl (C=O) groups is 1. The average Bonchev–Trinajstić information content (AvgIpc) is 3.28. The summed E-state index contributed by atoms with van der Waals surface area (Å²) in [7, 11) is 0. The number of carbonyl (C=O) groups excluding carboxylic acids is 1. The third kappa shape index (κ3) is 5.32. The molecule has 1 saturated carbocycles. The minimum absolute atomic E-state index is 0.0699. The average molecular weight is 348 g/mol. The van der Waals surface area contributed by atoms with E-state index in [0.717, 1.165) is 37.7 Å². The maximum Gasteiger partial charge on any atom is 0.234 e. The highest BCUT2D eigenvalue weighted by atomic mass is 16.5. The van der Waals surface area contributed by atoms with Crippen LogP contribution in [0.2, 0.25) is 0 Å². The molecule has 25 heavy (non-hydrogen) atoms. The van der Waals surface area contributed by atoms with Gasteiger partial charge in [-0.3, -0.25) is 9.69 Å². The van der Waals surface area contributed by atoms with E-state index < -0.39 is 0 Å². The van der Waals surface area contributed by atoms with Crippen molar-refractivity contribution in [2.24, 2.45) is 5.92 Å². The Morgan fingerprint density at radius 3 is 2.76 bits per heavy atom. The number of rotatable bonds is 7. The molecule has 2 fully saturated rings. The van der Waals surface area contributed by atoms with Crippen molar-refractivity contribution in [3.8, 4) is 0 Å². The number of furan rings is 1. The highest BCUT2D eigenvalue weighted by Crippen LogP contribution is 2.28. The van der Waals surface area contributed by atoms with Crippen molar-refractivity contribution < 1.29 is 13.9 Å². The summed E-state index contributed by atoms with van der Waals surface area (Å²) in [4.78, 5) is 15.0. The summed E-state index contributed by atoms with van der Waals surface area (Å²) in [6.45, 7) is 6.48. The zero-order valence-corrected chi connectivity index (χ0v) is 15.6. The second-order valence-electron chi connectivity index (χ2n) is 7.78. The molecule has 1 aliphatic carbocycles. The van der Waals surface area contributed by atoms with E-state index in [4.69, 9.17) is 9.15 Å². The summed E-state index contributed by atoms with van der Waals surface area (Å²) in [5.41, 5.74) is 0. The van der Waals surface area contributed by atoms with E-state index in [1.54, 1.807) is 6.26 Å². The highest BCUT2D eigenvalue weighted by molar-refractivity contribution is 5.78. The molecule has 0 aromatic carbocycles. The molecular formula is C20H32N2O3. The predicted molar refractivity (Wildman–Crippen MR) is 97.2 cm³/mol. The first kappa shape index (κ1) is 18.5. The molecule has 2 heterocycles. The SMILES string of the molecule is CC1CCC(N(CC(=O)NC(C)c2ccco2)CC2CCCO2)CC1. The molecule has 0 radical (unpaired) electrons. The van der Waals surface area contributed by atoms with Gasteiger partial charge in [-0.25, -0.2) is 0 Å². The van der Waals surface area contributed by atoms with Gasteiger partial charge in [0.1, 0.15) is 5.76 Å². The summed E-state index contributed by atoms with van der Waals surface area (Å²) in [6.07, 6.45) is 9.09. The van der Waals surface area contributed by atoms with Crippen molar-refractivity contribution in [2.45, 2.75) is 70.6 Å². The molecule has 2 atom stereocenters. The predicted octanol–water partition coefficient (Wildman–Crippen LogP) is 3.52. The minimum Gasteiger partial charge on any atom is -0.467 e. The van der Waals surface area contributed by atoms with Gasteiger partial charge < -0.3 is 14.5 Å². The van der Waals surface area contributed by atoms with Crippen LogP contribution in [-0.2, 0) is 9.53 Å². The number of hydrogen-bond donors (Lipinski definition) is 1. The van der Waals surface area contributed by atoms with Crippen molar-refractivity contribution in [3.05, 3.63) is 24.2 Å². The van der Waals surface area contributed by atoms with Gasteiger partial charge in [0, 0.05) is 19.2 Å². The molecule has 1 aromatic rings. The molecular weight excluding hydrogens is 316 g/mol. The van der Waals surface area contributed by atoms with E-state index in [-0.39, 0.29) is 18.1 Å². The maximum absolute atomic E-state index is 12.6. The van der Waals surface area contributed by atoms with Crippen LogP contribution in [-0.4, -0.2) is 42.6 Å². The van der Waals surface area contributed by atoms with Crippen LogP contribution in [0.1, 0.15) is 64.2 Å². The maximum atomic E-state index is 12.6. The smallest absolute Gasteiger partial charge is 0.234 e. The van der Waals surface area contributed by atoms with Gasteiger partial charge >= 0.3 is 0 Å². The van der Waals surface area contributed by atoms with E-state index in [0.29, 0.717) is 12.6 Å². The zero-order chi connectivity index (χ0) is 17.6. The topological polar surface area (TPSA) is 54.7 Å². The van der Waals surface area contributed by atoms with E-state index >= 15 is 0 Å². The molecule has 0 bridgehead atoms. The molecule has 1 aliphatic heterocycles. The molecule has 3 rings (SSSR count). The number of ether oxygens (including phenoxy) is 1. The normalized spacial score (nSPS) is 28.2. The van der Waals surface area contributed by atoms with E-state index in [2.05, 4.69) is 17.1 Å². The third-order valence-electron chi connectivity index (χ3n) is 5.66. The number of hydrogen-bond acceptors (Lipinski definition) is 4. The van der Waals surface area contributed by atoms with Crippen molar-refractivity contribution in [2.75, 3.05) is 19.7 Å². The van der Waals surface area contributed by atoms with E-state index in [1.165, 1.54) is 25.7 Å². The van der Waals surface area contributed by atoms with Crippen LogP contribution in [0.15, 0.2) is 22.8 Å². The lowest BCUT2D eigenvalue weighted by atomic mass is 9.86. The standard InChI is InChI=1S/C20H32N2O3/c1-15-7-9-17(10-8-15)22(13-18-5-3-11-24-18)14-20(23)21-16(2)19-6-4-12-25-19/h4,6,12,15-18H,3,5,7-11,13-14H2,1-2H3,(H,21,23). The fourth-order valence-electron chi connectivity index (χ4n) is 4.08. The highest BCUT2D eigenvalue weighted by Gasteiger charge is 2.29. The molecule has 140 valence electrons. The van der Waals surface area contributed by atoms with Crippen LogP contribution in [0, 0.1) is 5.92 Å². The Labute approximate surface area is 151 Å². The lowest BCUT2D eigenvalue weighted by Crippen LogP contribution is -2.47. The molecule has 1 N–H and O–H groups in total. The Morgan fingerprint density at radius 1 is 1.32 bits per heavy atom. The lowest BCUT2D eigenvalue weighted by Gasteiger charge is -2.37. The first-order chi connectivity index (χ1) is 12.1. The van der Waals surface area contributed by atoms with Crippen LogP contribution >= 0.6 is 0 Å². The number of nitrogens with one attached hydrogen (secondary N) is 1. The molecule has 5 nitrogen and oxygen atoms in total. The van der Waals surface area contributed by atoms with Crippen molar-refractivity contribution in [3.63, 3.8) is 0 Å².